The van der Waals surface area contributed by atoms with Crippen LogP contribution in [0.1, 0.15) is 48.1 Å². The molecule has 0 N–H and O–H groups in total. The molecule has 2 aromatic rings. The molecule has 2 aromatic heterocycles. The highest BCUT2D eigenvalue weighted by Gasteiger charge is 2.29. The molecule has 3 heterocycles. The molecule has 0 radical (unpaired) electrons. The predicted octanol–water partition coefficient (Wildman–Crippen LogP) is 2.98. The molecule has 1 atom stereocenters. The summed E-state index contributed by atoms with van der Waals surface area (Å²) in [7, 11) is 4.09. The van der Waals surface area contributed by atoms with Crippen LogP contribution in [0.4, 0.5) is 5.82 Å². The molecule has 1 saturated heterocycles. The maximum Gasteiger partial charge on any atom is 0.128 e. The number of hydrogen-bond donors (Lipinski definition) is 0. The molecule has 4 rings (SSSR count). The normalized spacial score (nSPS) is 20.7. The van der Waals surface area contributed by atoms with E-state index in [1.54, 1.807) is 0 Å². The Morgan fingerprint density at radius 2 is 2.08 bits per heavy atom. The minimum Gasteiger partial charge on any atom is -0.363 e. The van der Waals surface area contributed by atoms with Crippen molar-refractivity contribution in [2.24, 2.45) is 0 Å². The molecule has 0 aromatic carbocycles. The van der Waals surface area contributed by atoms with Gasteiger partial charge in [-0.3, -0.25) is 4.90 Å². The minimum absolute atomic E-state index is 0.588. The lowest BCUT2D eigenvalue weighted by molar-refractivity contribution is 0.314. The van der Waals surface area contributed by atoms with Gasteiger partial charge in [0, 0.05) is 51.7 Å². The van der Waals surface area contributed by atoms with E-state index in [0.29, 0.717) is 6.04 Å². The first-order valence-corrected chi connectivity index (χ1v) is 9.53. The molecule has 0 bridgehead atoms. The van der Waals surface area contributed by atoms with Crippen molar-refractivity contribution in [1.82, 2.24) is 19.4 Å². The summed E-state index contributed by atoms with van der Waals surface area (Å²) in [5.41, 5.74) is 4.24. The van der Waals surface area contributed by atoms with Crippen LogP contribution in [0.2, 0.25) is 0 Å². The highest BCUT2D eigenvalue weighted by molar-refractivity contribution is 5.39. The molecule has 0 saturated carbocycles. The predicted molar refractivity (Wildman–Crippen MR) is 101 cm³/mol. The van der Waals surface area contributed by atoms with Gasteiger partial charge in [-0.1, -0.05) is 0 Å². The van der Waals surface area contributed by atoms with Crippen molar-refractivity contribution >= 4 is 5.82 Å². The number of aryl methyl sites for hydroxylation is 2. The standard InChI is InChI=1S/C20H29N5/c1-15-22-18-6-4-5-7-19(18)25(15)17-9-11-24(14-17)13-16-8-10-21-20(12-16)23(2)3/h8,10,12,17H,4-7,9,11,13-14H2,1-3H3/t17-/m0/s1. The second-order valence-electron chi connectivity index (χ2n) is 7.72. The summed E-state index contributed by atoms with van der Waals surface area (Å²) in [6.45, 7) is 5.49. The second-order valence-corrected chi connectivity index (χ2v) is 7.72. The molecular formula is C20H29N5. The number of aromatic nitrogens is 3. The molecule has 134 valence electrons. The number of nitrogens with zero attached hydrogens (tertiary/aromatic N) is 5. The molecule has 0 amide bonds. The van der Waals surface area contributed by atoms with Crippen molar-refractivity contribution in [3.05, 3.63) is 41.1 Å². The number of rotatable bonds is 4. The number of fused-ring (bicyclic) bond motifs is 1. The lowest BCUT2D eigenvalue weighted by Crippen LogP contribution is -2.23. The molecule has 25 heavy (non-hydrogen) atoms. The van der Waals surface area contributed by atoms with E-state index in [0.717, 1.165) is 25.5 Å². The Morgan fingerprint density at radius 1 is 1.24 bits per heavy atom. The summed E-state index contributed by atoms with van der Waals surface area (Å²) < 4.78 is 2.56. The summed E-state index contributed by atoms with van der Waals surface area (Å²) >= 11 is 0. The first-order valence-electron chi connectivity index (χ1n) is 9.53. The number of pyridine rings is 1. The molecular weight excluding hydrogens is 310 g/mol. The quantitative estimate of drug-likeness (QED) is 0.858. The van der Waals surface area contributed by atoms with Crippen LogP contribution >= 0.6 is 0 Å². The highest BCUT2D eigenvalue weighted by atomic mass is 15.2. The molecule has 1 aliphatic carbocycles. The lowest BCUT2D eigenvalue weighted by atomic mass is 10.0. The third kappa shape index (κ3) is 3.30. The zero-order valence-electron chi connectivity index (χ0n) is 15.7. The van der Waals surface area contributed by atoms with Gasteiger partial charge in [-0.2, -0.15) is 0 Å². The van der Waals surface area contributed by atoms with E-state index in [4.69, 9.17) is 4.98 Å². The highest BCUT2D eigenvalue weighted by Crippen LogP contribution is 2.30. The number of likely N-dealkylation sites (tertiary alicyclic amines) is 1. The van der Waals surface area contributed by atoms with Crippen LogP contribution in [-0.4, -0.2) is 46.6 Å². The number of imidazole rings is 1. The van der Waals surface area contributed by atoms with Crippen LogP contribution in [0.5, 0.6) is 0 Å². The van der Waals surface area contributed by atoms with Crippen LogP contribution in [0.3, 0.4) is 0 Å². The molecule has 5 heteroatoms. The monoisotopic (exact) mass is 339 g/mol. The summed E-state index contributed by atoms with van der Waals surface area (Å²) in [5.74, 6) is 2.25. The fraction of sp³-hybridized carbons (Fsp3) is 0.600. The maximum absolute atomic E-state index is 4.87. The Balaban J connectivity index is 1.47. The van der Waals surface area contributed by atoms with Gasteiger partial charge in [0.25, 0.3) is 0 Å². The third-order valence-electron chi connectivity index (χ3n) is 5.63. The van der Waals surface area contributed by atoms with E-state index in [-0.39, 0.29) is 0 Å². The summed E-state index contributed by atoms with van der Waals surface area (Å²) in [5, 5.41) is 0. The van der Waals surface area contributed by atoms with Crippen LogP contribution in [0.25, 0.3) is 0 Å². The zero-order chi connectivity index (χ0) is 17.4. The van der Waals surface area contributed by atoms with Gasteiger partial charge in [-0.05, 0) is 56.7 Å². The van der Waals surface area contributed by atoms with Gasteiger partial charge in [-0.15, -0.1) is 0 Å². The lowest BCUT2D eigenvalue weighted by Gasteiger charge is -2.21. The van der Waals surface area contributed by atoms with Crippen molar-refractivity contribution in [3.8, 4) is 0 Å². The third-order valence-corrected chi connectivity index (χ3v) is 5.63. The van der Waals surface area contributed by atoms with Crippen molar-refractivity contribution < 1.29 is 0 Å². The van der Waals surface area contributed by atoms with Gasteiger partial charge >= 0.3 is 0 Å². The molecule has 1 aliphatic heterocycles. The molecule has 2 aliphatic rings. The van der Waals surface area contributed by atoms with Crippen molar-refractivity contribution in [2.75, 3.05) is 32.1 Å². The van der Waals surface area contributed by atoms with Crippen molar-refractivity contribution in [2.45, 2.75) is 51.6 Å². The zero-order valence-corrected chi connectivity index (χ0v) is 15.7. The smallest absolute Gasteiger partial charge is 0.128 e. The van der Waals surface area contributed by atoms with Gasteiger partial charge in [0.2, 0.25) is 0 Å². The molecule has 1 fully saturated rings. The van der Waals surface area contributed by atoms with Crippen molar-refractivity contribution in [1.29, 1.82) is 0 Å². The summed E-state index contributed by atoms with van der Waals surface area (Å²) in [6, 6.07) is 4.94. The Labute approximate surface area is 150 Å². The Hall–Kier alpha value is -1.88. The van der Waals surface area contributed by atoms with Crippen LogP contribution in [-0.2, 0) is 19.4 Å². The SMILES string of the molecule is Cc1nc2c(n1[C@H]1CCN(Cc3ccnc(N(C)C)c3)C1)CCCC2. The second kappa shape index (κ2) is 6.79. The van der Waals surface area contributed by atoms with Gasteiger partial charge in [0.15, 0.2) is 0 Å². The average Bonchev–Trinajstić information content (AvgIpc) is 3.18. The maximum atomic E-state index is 4.87. The molecule has 0 unspecified atom stereocenters. The van der Waals surface area contributed by atoms with E-state index in [2.05, 4.69) is 38.4 Å². The molecule has 5 nitrogen and oxygen atoms in total. The fourth-order valence-electron chi connectivity index (χ4n) is 4.41. The van der Waals surface area contributed by atoms with Crippen LogP contribution in [0, 0.1) is 6.92 Å². The van der Waals surface area contributed by atoms with Crippen LogP contribution < -0.4 is 4.90 Å². The van der Waals surface area contributed by atoms with E-state index < -0.39 is 0 Å². The molecule has 0 spiro atoms. The Morgan fingerprint density at radius 3 is 2.92 bits per heavy atom. The largest absolute Gasteiger partial charge is 0.363 e. The van der Waals surface area contributed by atoms with E-state index in [9.17, 15) is 0 Å². The van der Waals surface area contributed by atoms with E-state index in [1.807, 2.05) is 20.3 Å². The van der Waals surface area contributed by atoms with Crippen LogP contribution in [0.15, 0.2) is 18.3 Å². The Bertz CT molecular complexity index is 749. The summed E-state index contributed by atoms with van der Waals surface area (Å²) in [6.07, 6.45) is 8.16. The van der Waals surface area contributed by atoms with Gasteiger partial charge in [0.1, 0.15) is 11.6 Å². The van der Waals surface area contributed by atoms with E-state index >= 15 is 0 Å². The number of hydrogen-bond acceptors (Lipinski definition) is 4. The first kappa shape index (κ1) is 16.6. The van der Waals surface area contributed by atoms with Gasteiger partial charge < -0.3 is 9.47 Å². The van der Waals surface area contributed by atoms with Gasteiger partial charge in [0.05, 0.1) is 5.69 Å². The van der Waals surface area contributed by atoms with Gasteiger partial charge in [-0.25, -0.2) is 9.97 Å². The number of anilines is 1. The Kier molecular flexibility index (Phi) is 4.50. The fourth-order valence-corrected chi connectivity index (χ4v) is 4.41. The van der Waals surface area contributed by atoms with E-state index in [1.165, 1.54) is 54.9 Å². The topological polar surface area (TPSA) is 37.2 Å². The van der Waals surface area contributed by atoms with Crippen molar-refractivity contribution in [3.63, 3.8) is 0 Å². The average molecular weight is 339 g/mol. The minimum atomic E-state index is 0.588. The first-order chi connectivity index (χ1) is 12.1. The summed E-state index contributed by atoms with van der Waals surface area (Å²) in [4.78, 5) is 13.9.